The number of allylic oxidation sites excluding steroid dienone is 1. The van der Waals surface area contributed by atoms with E-state index in [1.807, 2.05) is 18.8 Å². The van der Waals surface area contributed by atoms with Crippen LogP contribution < -0.4 is 5.32 Å². The van der Waals surface area contributed by atoms with Crippen molar-refractivity contribution in [3.8, 4) is 0 Å². The molecule has 0 aromatic heterocycles. The van der Waals surface area contributed by atoms with Crippen molar-refractivity contribution in [2.45, 2.75) is 24.5 Å². The molecule has 1 aliphatic carbocycles. The topological polar surface area (TPSA) is 12.0 Å². The highest BCUT2D eigenvalue weighted by Crippen LogP contribution is 2.57. The number of fused-ring (bicyclic) bond motifs is 1. The van der Waals surface area contributed by atoms with Crippen LogP contribution in [0.4, 0.5) is 0 Å². The fourth-order valence-corrected chi connectivity index (χ4v) is 4.54. The molecule has 2 aliphatic rings. The molecule has 0 aromatic carbocycles. The van der Waals surface area contributed by atoms with Crippen LogP contribution in [0.3, 0.4) is 0 Å². The second kappa shape index (κ2) is 3.48. The molecule has 74 valence electrons. The van der Waals surface area contributed by atoms with E-state index in [4.69, 9.17) is 11.6 Å². The average molecular weight is 218 g/mol. The lowest BCUT2D eigenvalue weighted by Gasteiger charge is -2.26. The second-order valence-corrected chi connectivity index (χ2v) is 6.11. The summed E-state index contributed by atoms with van der Waals surface area (Å²) in [5.74, 6) is 1.35. The Morgan fingerprint density at radius 2 is 2.54 bits per heavy atom. The van der Waals surface area contributed by atoms with E-state index in [1.54, 1.807) is 0 Å². The van der Waals surface area contributed by atoms with Crippen molar-refractivity contribution >= 4 is 23.4 Å². The van der Waals surface area contributed by atoms with Crippen molar-refractivity contribution in [2.75, 3.05) is 13.6 Å². The van der Waals surface area contributed by atoms with Crippen LogP contribution >= 0.6 is 23.4 Å². The molecular weight excluding hydrogens is 202 g/mol. The summed E-state index contributed by atoms with van der Waals surface area (Å²) in [5, 5.41) is 6.50. The number of rotatable bonds is 2. The molecule has 1 fully saturated rings. The van der Waals surface area contributed by atoms with Gasteiger partial charge in [0.1, 0.15) is 0 Å². The molecule has 0 saturated heterocycles. The molecule has 0 bridgehead atoms. The maximum Gasteiger partial charge on any atom is 0.0292 e. The second-order valence-electron chi connectivity index (χ2n) is 4.27. The maximum atomic E-state index is 6.25. The lowest BCUT2D eigenvalue weighted by atomic mass is 9.90. The predicted molar refractivity (Wildman–Crippen MR) is 60.1 cm³/mol. The Labute approximate surface area is 89.3 Å². The zero-order valence-electron chi connectivity index (χ0n) is 8.14. The first-order valence-corrected chi connectivity index (χ1v) is 6.11. The molecule has 1 saturated carbocycles. The van der Waals surface area contributed by atoms with E-state index in [-0.39, 0.29) is 0 Å². The minimum Gasteiger partial charge on any atom is -0.319 e. The number of hydrogen-bond donors (Lipinski definition) is 1. The SMILES string of the molecule is CNCC1CCC2(C)SC=C(Cl)C12. The summed E-state index contributed by atoms with van der Waals surface area (Å²) in [6, 6.07) is 0. The molecule has 13 heavy (non-hydrogen) atoms. The molecule has 0 aromatic rings. The molecule has 1 nitrogen and oxygen atoms in total. The Balaban J connectivity index is 2.15. The van der Waals surface area contributed by atoms with Crippen molar-refractivity contribution in [1.82, 2.24) is 5.32 Å². The lowest BCUT2D eigenvalue weighted by molar-refractivity contribution is 0.408. The Hall–Kier alpha value is 0.340. The molecule has 3 unspecified atom stereocenters. The number of nitrogens with one attached hydrogen (secondary N) is 1. The van der Waals surface area contributed by atoms with Crippen LogP contribution in [0.2, 0.25) is 0 Å². The number of halogens is 1. The van der Waals surface area contributed by atoms with Gasteiger partial charge in [-0.2, -0.15) is 0 Å². The van der Waals surface area contributed by atoms with Crippen LogP contribution in [0.5, 0.6) is 0 Å². The van der Waals surface area contributed by atoms with Gasteiger partial charge in [-0.05, 0) is 44.7 Å². The number of hydrogen-bond acceptors (Lipinski definition) is 2. The minimum atomic E-state index is 0.401. The largest absolute Gasteiger partial charge is 0.319 e. The van der Waals surface area contributed by atoms with Gasteiger partial charge in [0, 0.05) is 15.7 Å². The van der Waals surface area contributed by atoms with Crippen LogP contribution in [0.15, 0.2) is 10.4 Å². The van der Waals surface area contributed by atoms with Crippen molar-refractivity contribution < 1.29 is 0 Å². The van der Waals surface area contributed by atoms with Gasteiger partial charge in [-0.1, -0.05) is 11.6 Å². The Kier molecular flexibility index (Phi) is 2.65. The molecule has 1 N–H and O–H groups in total. The van der Waals surface area contributed by atoms with E-state index in [1.165, 1.54) is 12.8 Å². The van der Waals surface area contributed by atoms with Crippen LogP contribution in [0.25, 0.3) is 0 Å². The van der Waals surface area contributed by atoms with Crippen LogP contribution in [-0.2, 0) is 0 Å². The summed E-state index contributed by atoms with van der Waals surface area (Å²) in [4.78, 5) is 0. The zero-order valence-corrected chi connectivity index (χ0v) is 9.71. The average Bonchev–Trinajstić information content (AvgIpc) is 2.54. The highest BCUT2D eigenvalue weighted by Gasteiger charge is 2.49. The molecule has 3 heteroatoms. The smallest absolute Gasteiger partial charge is 0.0292 e. The highest BCUT2D eigenvalue weighted by atomic mass is 35.5. The Morgan fingerprint density at radius 3 is 3.23 bits per heavy atom. The minimum absolute atomic E-state index is 0.401. The molecule has 2 rings (SSSR count). The summed E-state index contributed by atoms with van der Waals surface area (Å²) in [7, 11) is 2.02. The third-order valence-corrected chi connectivity index (χ3v) is 5.19. The van der Waals surface area contributed by atoms with E-state index in [0.29, 0.717) is 10.7 Å². The standard InChI is InChI=1S/C10H16ClNS/c1-10-4-3-7(5-12-2)9(10)8(11)6-13-10/h6-7,9,12H,3-5H2,1-2H3. The monoisotopic (exact) mass is 217 g/mol. The van der Waals surface area contributed by atoms with Crippen LogP contribution in [0, 0.1) is 11.8 Å². The molecule has 0 amide bonds. The predicted octanol–water partition coefficient (Wildman–Crippen LogP) is 2.82. The first kappa shape index (κ1) is 9.88. The molecule has 3 atom stereocenters. The van der Waals surface area contributed by atoms with Gasteiger partial charge < -0.3 is 5.32 Å². The van der Waals surface area contributed by atoms with Gasteiger partial charge in [-0.15, -0.1) is 11.8 Å². The summed E-state index contributed by atoms with van der Waals surface area (Å²) in [6.45, 7) is 3.45. The van der Waals surface area contributed by atoms with E-state index in [2.05, 4.69) is 17.6 Å². The summed E-state index contributed by atoms with van der Waals surface area (Å²) >= 11 is 8.18. The van der Waals surface area contributed by atoms with Crippen LogP contribution in [-0.4, -0.2) is 18.3 Å². The molecular formula is C10H16ClNS. The highest BCUT2D eigenvalue weighted by molar-refractivity contribution is 8.03. The van der Waals surface area contributed by atoms with E-state index in [9.17, 15) is 0 Å². The molecule has 1 heterocycles. The van der Waals surface area contributed by atoms with Gasteiger partial charge >= 0.3 is 0 Å². The van der Waals surface area contributed by atoms with E-state index in [0.717, 1.165) is 17.5 Å². The van der Waals surface area contributed by atoms with Gasteiger partial charge in [0.05, 0.1) is 0 Å². The quantitative estimate of drug-likeness (QED) is 0.764. The summed E-state index contributed by atoms with van der Waals surface area (Å²) < 4.78 is 0.401. The molecule has 0 spiro atoms. The van der Waals surface area contributed by atoms with E-state index < -0.39 is 0 Å². The number of thioether (sulfide) groups is 1. The van der Waals surface area contributed by atoms with Crippen molar-refractivity contribution in [3.63, 3.8) is 0 Å². The first-order valence-electron chi connectivity index (χ1n) is 4.85. The summed E-state index contributed by atoms with van der Waals surface area (Å²) in [6.07, 6.45) is 2.63. The first-order chi connectivity index (χ1) is 6.17. The van der Waals surface area contributed by atoms with Gasteiger partial charge in [-0.3, -0.25) is 0 Å². The normalized spacial score (nSPS) is 43.5. The Morgan fingerprint density at radius 1 is 1.77 bits per heavy atom. The van der Waals surface area contributed by atoms with Crippen molar-refractivity contribution in [2.24, 2.45) is 11.8 Å². The fourth-order valence-electron chi connectivity index (χ4n) is 2.69. The lowest BCUT2D eigenvalue weighted by Crippen LogP contribution is -2.29. The molecule has 0 radical (unpaired) electrons. The van der Waals surface area contributed by atoms with Gasteiger partial charge in [0.15, 0.2) is 0 Å². The van der Waals surface area contributed by atoms with Crippen molar-refractivity contribution in [3.05, 3.63) is 10.4 Å². The third-order valence-electron chi connectivity index (χ3n) is 3.34. The van der Waals surface area contributed by atoms with Gasteiger partial charge in [0.2, 0.25) is 0 Å². The summed E-state index contributed by atoms with van der Waals surface area (Å²) in [5.41, 5.74) is 0. The Bertz CT molecular complexity index is 241. The third kappa shape index (κ3) is 1.53. The fraction of sp³-hybridized carbons (Fsp3) is 0.800. The molecule has 1 aliphatic heterocycles. The van der Waals surface area contributed by atoms with Gasteiger partial charge in [0.25, 0.3) is 0 Å². The van der Waals surface area contributed by atoms with E-state index >= 15 is 0 Å². The van der Waals surface area contributed by atoms with Gasteiger partial charge in [-0.25, -0.2) is 0 Å². The van der Waals surface area contributed by atoms with Crippen molar-refractivity contribution in [1.29, 1.82) is 0 Å². The van der Waals surface area contributed by atoms with Crippen LogP contribution in [0.1, 0.15) is 19.8 Å². The zero-order chi connectivity index (χ0) is 9.47. The maximum absolute atomic E-state index is 6.25.